The second kappa shape index (κ2) is 13.3. The summed E-state index contributed by atoms with van der Waals surface area (Å²) in [6.45, 7) is 3.20. The monoisotopic (exact) mass is 557 g/mol. The topological polar surface area (TPSA) is 137 Å². The van der Waals surface area contributed by atoms with E-state index in [0.29, 0.717) is 17.5 Å². The first-order valence-electron chi connectivity index (χ1n) is 13.6. The van der Waals surface area contributed by atoms with Crippen LogP contribution in [0.1, 0.15) is 41.0 Å². The minimum atomic E-state index is -1.31. The minimum absolute atomic E-state index is 0.0466. The summed E-state index contributed by atoms with van der Waals surface area (Å²) in [6.07, 6.45) is 0.311. The Labute approximate surface area is 239 Å². The fraction of sp³-hybridized carbons (Fsp3) is 0.312. The van der Waals surface area contributed by atoms with E-state index in [9.17, 15) is 24.3 Å². The lowest BCUT2D eigenvalue weighted by atomic mass is 9.92. The first kappa shape index (κ1) is 29.6. The Morgan fingerprint density at radius 2 is 1.41 bits per heavy atom. The van der Waals surface area contributed by atoms with Gasteiger partial charge in [0.25, 0.3) is 11.8 Å². The van der Waals surface area contributed by atoms with Crippen LogP contribution in [0.5, 0.6) is 0 Å². The average Bonchev–Trinajstić information content (AvgIpc) is 3.80. The van der Waals surface area contributed by atoms with Crippen molar-refractivity contribution in [2.45, 2.75) is 38.0 Å². The van der Waals surface area contributed by atoms with E-state index in [-0.39, 0.29) is 19.1 Å². The molecule has 1 aliphatic rings. The second-order valence-electron chi connectivity index (χ2n) is 10.5. The van der Waals surface area contributed by atoms with Crippen molar-refractivity contribution >= 4 is 23.5 Å². The Morgan fingerprint density at radius 1 is 0.805 bits per heavy atom. The van der Waals surface area contributed by atoms with Crippen LogP contribution in [0, 0.1) is 5.92 Å². The smallest absolute Gasteiger partial charge is 0.252 e. The lowest BCUT2D eigenvalue weighted by Crippen LogP contribution is -2.57. The number of hydrogen-bond acceptors (Lipinski definition) is 6. The van der Waals surface area contributed by atoms with Crippen molar-refractivity contribution < 1.29 is 29.0 Å². The molecular formula is C32H35N3O6. The highest BCUT2D eigenvalue weighted by Crippen LogP contribution is 2.30. The molecule has 1 fully saturated rings. The summed E-state index contributed by atoms with van der Waals surface area (Å²) < 4.78 is 5.23. The molecule has 1 saturated heterocycles. The van der Waals surface area contributed by atoms with Gasteiger partial charge in [-0.1, -0.05) is 74.5 Å². The number of rotatable bonds is 13. The standard InChI is InChI=1S/C32H35N3O6/c1-21(2)16-26(28(37)32(19-36)20-41-32)34-31(40)27(18-33-29(38)23-12-7-4-8-13-23)35-30(39)25-15-9-14-24(17-25)22-10-5-3-6-11-22/h3-15,17,21,26-27,36H,16,18-20H2,1-2H3,(H,33,38)(H,34,40)(H,35,39)/t26?,27-,32?/m0/s1. The summed E-state index contributed by atoms with van der Waals surface area (Å²) in [5, 5.41) is 17.9. The Kier molecular flexibility index (Phi) is 9.65. The average molecular weight is 558 g/mol. The molecule has 9 nitrogen and oxygen atoms in total. The number of aliphatic hydroxyl groups excluding tert-OH is 1. The van der Waals surface area contributed by atoms with Gasteiger partial charge in [-0.05, 0) is 47.7 Å². The number of hydrogen-bond donors (Lipinski definition) is 4. The molecule has 0 saturated carbocycles. The van der Waals surface area contributed by atoms with Crippen LogP contribution in [0.15, 0.2) is 84.9 Å². The number of Topliss-reactive ketones (excluding diaryl/α,β-unsaturated/α-hetero) is 1. The molecule has 0 aliphatic carbocycles. The van der Waals surface area contributed by atoms with Gasteiger partial charge in [-0.25, -0.2) is 0 Å². The van der Waals surface area contributed by atoms with Gasteiger partial charge in [0, 0.05) is 17.7 Å². The predicted molar refractivity (Wildman–Crippen MR) is 154 cm³/mol. The number of nitrogens with one attached hydrogen (secondary N) is 3. The Bertz CT molecular complexity index is 1370. The molecule has 41 heavy (non-hydrogen) atoms. The van der Waals surface area contributed by atoms with Crippen LogP contribution >= 0.6 is 0 Å². The van der Waals surface area contributed by atoms with E-state index in [1.54, 1.807) is 48.5 Å². The third-order valence-corrected chi connectivity index (χ3v) is 6.89. The highest BCUT2D eigenvalue weighted by atomic mass is 16.6. The molecule has 0 bridgehead atoms. The van der Waals surface area contributed by atoms with Gasteiger partial charge in [-0.3, -0.25) is 19.2 Å². The largest absolute Gasteiger partial charge is 0.393 e. The fourth-order valence-electron chi connectivity index (χ4n) is 4.50. The number of carbonyl (C=O) groups excluding carboxylic acids is 4. The predicted octanol–water partition coefficient (Wildman–Crippen LogP) is 2.74. The summed E-state index contributed by atoms with van der Waals surface area (Å²) >= 11 is 0. The van der Waals surface area contributed by atoms with Gasteiger partial charge >= 0.3 is 0 Å². The zero-order valence-electron chi connectivity index (χ0n) is 23.1. The van der Waals surface area contributed by atoms with Gasteiger partial charge in [0.05, 0.1) is 19.3 Å². The van der Waals surface area contributed by atoms with Crippen molar-refractivity contribution in [1.82, 2.24) is 16.0 Å². The number of epoxide rings is 1. The van der Waals surface area contributed by atoms with Crippen LogP contribution in [-0.4, -0.2) is 66.1 Å². The van der Waals surface area contributed by atoms with E-state index in [4.69, 9.17) is 4.74 Å². The third kappa shape index (κ3) is 7.65. The van der Waals surface area contributed by atoms with Crippen molar-refractivity contribution in [1.29, 1.82) is 0 Å². The molecule has 3 aromatic carbocycles. The van der Waals surface area contributed by atoms with Crippen LogP contribution in [0.4, 0.5) is 0 Å². The van der Waals surface area contributed by atoms with Gasteiger partial charge in [0.15, 0.2) is 11.4 Å². The Hall–Kier alpha value is -4.34. The molecule has 0 radical (unpaired) electrons. The van der Waals surface area contributed by atoms with E-state index in [2.05, 4.69) is 16.0 Å². The molecule has 3 amide bonds. The summed E-state index contributed by atoms with van der Waals surface area (Å²) in [6, 6.07) is 22.9. The fourth-order valence-corrected chi connectivity index (χ4v) is 4.50. The molecule has 0 spiro atoms. The molecule has 9 heteroatoms. The van der Waals surface area contributed by atoms with E-state index < -0.39 is 47.8 Å². The zero-order chi connectivity index (χ0) is 29.4. The van der Waals surface area contributed by atoms with Crippen molar-refractivity contribution in [3.05, 3.63) is 96.1 Å². The number of benzene rings is 3. The third-order valence-electron chi connectivity index (χ3n) is 6.89. The number of amides is 3. The minimum Gasteiger partial charge on any atom is -0.393 e. The van der Waals surface area contributed by atoms with E-state index >= 15 is 0 Å². The van der Waals surface area contributed by atoms with Crippen LogP contribution in [0.3, 0.4) is 0 Å². The highest BCUT2D eigenvalue weighted by molar-refractivity contribution is 6.01. The number of carbonyl (C=O) groups is 4. The van der Waals surface area contributed by atoms with E-state index in [1.165, 1.54) is 0 Å². The van der Waals surface area contributed by atoms with E-state index in [1.807, 2.05) is 50.2 Å². The van der Waals surface area contributed by atoms with Crippen molar-refractivity contribution in [2.24, 2.45) is 5.92 Å². The molecule has 4 rings (SSSR count). The number of aliphatic hydroxyl groups is 1. The van der Waals surface area contributed by atoms with Gasteiger partial charge in [-0.15, -0.1) is 0 Å². The van der Waals surface area contributed by atoms with E-state index in [0.717, 1.165) is 11.1 Å². The molecule has 214 valence electrons. The zero-order valence-corrected chi connectivity index (χ0v) is 23.1. The normalized spacial score (nSPS) is 17.3. The summed E-state index contributed by atoms with van der Waals surface area (Å²) in [5.41, 5.74) is 1.18. The lowest BCUT2D eigenvalue weighted by Gasteiger charge is -2.25. The van der Waals surface area contributed by atoms with Crippen molar-refractivity contribution in [2.75, 3.05) is 19.8 Å². The molecule has 0 aromatic heterocycles. The van der Waals surface area contributed by atoms with Crippen LogP contribution in [0.2, 0.25) is 0 Å². The van der Waals surface area contributed by atoms with Gasteiger partial charge in [0.2, 0.25) is 5.91 Å². The first-order chi connectivity index (χ1) is 19.7. The molecular weight excluding hydrogens is 522 g/mol. The first-order valence-corrected chi connectivity index (χ1v) is 13.6. The van der Waals surface area contributed by atoms with Gasteiger partial charge < -0.3 is 25.8 Å². The Morgan fingerprint density at radius 3 is 2.02 bits per heavy atom. The maximum atomic E-state index is 13.5. The lowest BCUT2D eigenvalue weighted by molar-refractivity contribution is -0.132. The molecule has 2 unspecified atom stereocenters. The van der Waals surface area contributed by atoms with Crippen LogP contribution < -0.4 is 16.0 Å². The highest BCUT2D eigenvalue weighted by Gasteiger charge is 2.54. The van der Waals surface area contributed by atoms with Crippen molar-refractivity contribution in [3.8, 4) is 11.1 Å². The number of ether oxygens (including phenoxy) is 1. The summed E-state index contributed by atoms with van der Waals surface area (Å²) in [4.78, 5) is 52.8. The summed E-state index contributed by atoms with van der Waals surface area (Å²) in [5.74, 6) is -1.94. The maximum Gasteiger partial charge on any atom is 0.252 e. The second-order valence-corrected chi connectivity index (χ2v) is 10.5. The van der Waals surface area contributed by atoms with Crippen molar-refractivity contribution in [3.63, 3.8) is 0 Å². The maximum absolute atomic E-state index is 13.5. The van der Waals surface area contributed by atoms with Crippen LogP contribution in [-0.2, 0) is 14.3 Å². The summed E-state index contributed by atoms with van der Waals surface area (Å²) in [7, 11) is 0. The Balaban J connectivity index is 1.54. The molecule has 4 N–H and O–H groups in total. The van der Waals surface area contributed by atoms with Crippen LogP contribution in [0.25, 0.3) is 11.1 Å². The SMILES string of the molecule is CC(C)CC(NC(=O)[C@H](CNC(=O)c1ccccc1)NC(=O)c1cccc(-c2ccccc2)c1)C(=O)C1(CO)CO1. The molecule has 1 aliphatic heterocycles. The number of ketones is 1. The molecule has 3 atom stereocenters. The quantitative estimate of drug-likeness (QED) is 0.239. The van der Waals surface area contributed by atoms with Gasteiger partial charge in [-0.2, -0.15) is 0 Å². The molecule has 1 heterocycles. The van der Waals surface area contributed by atoms with Gasteiger partial charge in [0.1, 0.15) is 6.04 Å². The molecule has 3 aromatic rings.